The number of hydrogen-bond donors (Lipinski definition) is 1. The normalized spacial score (nSPS) is 14.3. The van der Waals surface area contributed by atoms with E-state index >= 15 is 0 Å². The highest BCUT2D eigenvalue weighted by molar-refractivity contribution is 7.12. The van der Waals surface area contributed by atoms with Crippen LogP contribution < -0.4 is 0 Å². The van der Waals surface area contributed by atoms with Gasteiger partial charge in [-0.15, -0.1) is 11.3 Å². The fourth-order valence-electron chi connectivity index (χ4n) is 2.14. The van der Waals surface area contributed by atoms with Gasteiger partial charge in [0.25, 0.3) is 0 Å². The molecule has 0 fully saturated rings. The predicted octanol–water partition coefficient (Wildman–Crippen LogP) is 4.91. The molecule has 0 saturated carbocycles. The van der Waals surface area contributed by atoms with E-state index in [-0.39, 0.29) is 0 Å². The Hall–Kier alpha value is -1.12. The van der Waals surface area contributed by atoms with Crippen LogP contribution >= 0.6 is 11.3 Å². The number of hydrogen-bond acceptors (Lipinski definition) is 2. The van der Waals surface area contributed by atoms with Gasteiger partial charge < -0.3 is 5.11 Å². The molecule has 1 heterocycles. The van der Waals surface area contributed by atoms with Crippen LogP contribution in [0.25, 0.3) is 0 Å². The molecule has 0 amide bonds. The van der Waals surface area contributed by atoms with E-state index in [1.165, 1.54) is 10.4 Å². The molecule has 2 aromatic rings. The van der Waals surface area contributed by atoms with Gasteiger partial charge >= 0.3 is 0 Å². The Balaban J connectivity index is 2.17. The number of aryl methyl sites for hydroxylation is 1. The molecule has 2 atom stereocenters. The third kappa shape index (κ3) is 3.26. The minimum atomic E-state index is -0.490. The van der Waals surface area contributed by atoms with E-state index < -0.39 is 6.10 Å². The maximum Gasteiger partial charge on any atom is 0.113 e. The van der Waals surface area contributed by atoms with Gasteiger partial charge in [-0.25, -0.2) is 0 Å². The predicted molar refractivity (Wildman–Crippen MR) is 82.9 cm³/mol. The first-order valence-corrected chi connectivity index (χ1v) is 7.83. The number of thiophene rings is 1. The maximum atomic E-state index is 10.4. The highest BCUT2D eigenvalue weighted by Crippen LogP contribution is 2.29. The molecule has 0 aliphatic carbocycles. The van der Waals surface area contributed by atoms with Crippen molar-refractivity contribution in [2.75, 3.05) is 0 Å². The highest BCUT2D eigenvalue weighted by Gasteiger charge is 2.13. The fourth-order valence-corrected chi connectivity index (χ4v) is 3.11. The summed E-state index contributed by atoms with van der Waals surface area (Å²) in [6.07, 6.45) is 1.69. The van der Waals surface area contributed by atoms with Gasteiger partial charge in [-0.2, -0.15) is 0 Å². The summed E-state index contributed by atoms with van der Waals surface area (Å²) in [7, 11) is 0. The molecular weight excluding hydrogens is 252 g/mol. The van der Waals surface area contributed by atoms with Crippen molar-refractivity contribution in [1.29, 1.82) is 0 Å². The standard InChI is InChI=1S/C17H22OS/c1-4-12(3)13-6-8-14(9-7-13)17(18)16-11-10-15(5-2)19-16/h6-12,17-18H,4-5H2,1-3H3. The summed E-state index contributed by atoms with van der Waals surface area (Å²) >= 11 is 1.70. The Morgan fingerprint density at radius 1 is 1.00 bits per heavy atom. The van der Waals surface area contributed by atoms with Gasteiger partial charge in [-0.3, -0.25) is 0 Å². The van der Waals surface area contributed by atoms with Crippen LogP contribution in [-0.4, -0.2) is 5.11 Å². The lowest BCUT2D eigenvalue weighted by atomic mass is 9.96. The highest BCUT2D eigenvalue weighted by atomic mass is 32.1. The number of aliphatic hydroxyl groups is 1. The third-order valence-electron chi connectivity index (χ3n) is 3.73. The van der Waals surface area contributed by atoms with Gasteiger partial charge in [0.1, 0.15) is 6.10 Å². The SMILES string of the molecule is CCc1ccc(C(O)c2ccc(C(C)CC)cc2)s1. The summed E-state index contributed by atoms with van der Waals surface area (Å²) in [6.45, 7) is 6.58. The van der Waals surface area contributed by atoms with Crippen LogP contribution in [0.2, 0.25) is 0 Å². The van der Waals surface area contributed by atoms with Gasteiger partial charge in [0.2, 0.25) is 0 Å². The fraction of sp³-hybridized carbons (Fsp3) is 0.412. The summed E-state index contributed by atoms with van der Waals surface area (Å²) in [5, 5.41) is 10.4. The zero-order valence-corrected chi connectivity index (χ0v) is 12.7. The molecule has 0 spiro atoms. The summed E-state index contributed by atoms with van der Waals surface area (Å²) in [4.78, 5) is 2.36. The molecule has 0 saturated heterocycles. The number of rotatable bonds is 5. The van der Waals surface area contributed by atoms with Crippen molar-refractivity contribution in [3.05, 3.63) is 57.3 Å². The van der Waals surface area contributed by atoms with E-state index in [0.717, 1.165) is 23.3 Å². The monoisotopic (exact) mass is 274 g/mol. The van der Waals surface area contributed by atoms with Crippen LogP contribution in [0.15, 0.2) is 36.4 Å². The topological polar surface area (TPSA) is 20.2 Å². The van der Waals surface area contributed by atoms with Gasteiger partial charge in [0.15, 0.2) is 0 Å². The van der Waals surface area contributed by atoms with E-state index in [0.29, 0.717) is 5.92 Å². The van der Waals surface area contributed by atoms with Crippen LogP contribution in [-0.2, 0) is 6.42 Å². The summed E-state index contributed by atoms with van der Waals surface area (Å²) in [5.74, 6) is 0.583. The van der Waals surface area contributed by atoms with E-state index in [1.54, 1.807) is 11.3 Å². The van der Waals surface area contributed by atoms with Crippen LogP contribution in [0.1, 0.15) is 60.1 Å². The Bertz CT molecular complexity index is 512. The van der Waals surface area contributed by atoms with Crippen molar-refractivity contribution in [3.63, 3.8) is 0 Å². The molecule has 19 heavy (non-hydrogen) atoms. The van der Waals surface area contributed by atoms with Crippen LogP contribution in [0, 0.1) is 0 Å². The van der Waals surface area contributed by atoms with Crippen molar-refractivity contribution in [1.82, 2.24) is 0 Å². The molecule has 1 nitrogen and oxygen atoms in total. The van der Waals surface area contributed by atoms with Crippen molar-refractivity contribution in [2.45, 2.75) is 45.6 Å². The Kier molecular flexibility index (Phi) is 4.78. The van der Waals surface area contributed by atoms with Crippen molar-refractivity contribution >= 4 is 11.3 Å². The number of aliphatic hydroxyl groups excluding tert-OH is 1. The molecule has 102 valence electrons. The Labute approximate surface area is 119 Å². The molecule has 0 aliphatic rings. The quantitative estimate of drug-likeness (QED) is 0.821. The van der Waals surface area contributed by atoms with Crippen LogP contribution in [0.3, 0.4) is 0 Å². The second-order valence-electron chi connectivity index (χ2n) is 5.04. The Morgan fingerprint density at radius 3 is 2.16 bits per heavy atom. The van der Waals surface area contributed by atoms with Gasteiger partial charge in [0.05, 0.1) is 0 Å². The summed E-state index contributed by atoms with van der Waals surface area (Å²) in [5.41, 5.74) is 2.33. The van der Waals surface area contributed by atoms with Crippen LogP contribution in [0.5, 0.6) is 0 Å². The molecule has 2 rings (SSSR count). The third-order valence-corrected chi connectivity index (χ3v) is 5.02. The van der Waals surface area contributed by atoms with Gasteiger partial charge in [-0.05, 0) is 42.0 Å². The van der Waals surface area contributed by atoms with Gasteiger partial charge in [0, 0.05) is 9.75 Å². The van der Waals surface area contributed by atoms with Crippen LogP contribution in [0.4, 0.5) is 0 Å². The molecule has 1 aromatic heterocycles. The largest absolute Gasteiger partial charge is 0.383 e. The molecular formula is C17H22OS. The summed E-state index contributed by atoms with van der Waals surface area (Å²) in [6, 6.07) is 12.5. The minimum absolute atomic E-state index is 0.490. The number of benzene rings is 1. The minimum Gasteiger partial charge on any atom is -0.383 e. The lowest BCUT2D eigenvalue weighted by Crippen LogP contribution is -1.98. The average Bonchev–Trinajstić information content (AvgIpc) is 2.94. The molecule has 0 aliphatic heterocycles. The van der Waals surface area contributed by atoms with E-state index in [2.05, 4.69) is 51.1 Å². The zero-order valence-electron chi connectivity index (χ0n) is 11.9. The molecule has 2 unspecified atom stereocenters. The summed E-state index contributed by atoms with van der Waals surface area (Å²) < 4.78 is 0. The van der Waals surface area contributed by atoms with Crippen molar-refractivity contribution in [3.8, 4) is 0 Å². The molecule has 0 radical (unpaired) electrons. The van der Waals surface area contributed by atoms with Crippen molar-refractivity contribution in [2.24, 2.45) is 0 Å². The molecule has 0 bridgehead atoms. The first kappa shape index (κ1) is 14.3. The van der Waals surface area contributed by atoms with E-state index in [1.807, 2.05) is 6.07 Å². The first-order chi connectivity index (χ1) is 9.15. The van der Waals surface area contributed by atoms with Gasteiger partial charge in [-0.1, -0.05) is 45.0 Å². The second kappa shape index (κ2) is 6.36. The average molecular weight is 274 g/mol. The van der Waals surface area contributed by atoms with E-state index in [9.17, 15) is 5.11 Å². The molecule has 2 heteroatoms. The second-order valence-corrected chi connectivity index (χ2v) is 6.24. The van der Waals surface area contributed by atoms with Crippen molar-refractivity contribution < 1.29 is 5.11 Å². The maximum absolute atomic E-state index is 10.4. The zero-order chi connectivity index (χ0) is 13.8. The Morgan fingerprint density at radius 2 is 1.63 bits per heavy atom. The smallest absolute Gasteiger partial charge is 0.113 e. The lowest BCUT2D eigenvalue weighted by Gasteiger charge is -2.12. The molecule has 1 N–H and O–H groups in total. The van der Waals surface area contributed by atoms with E-state index in [4.69, 9.17) is 0 Å². The lowest BCUT2D eigenvalue weighted by molar-refractivity contribution is 0.224. The molecule has 1 aromatic carbocycles. The first-order valence-electron chi connectivity index (χ1n) is 7.02.